The first-order valence-corrected chi connectivity index (χ1v) is 5.67. The van der Waals surface area contributed by atoms with Gasteiger partial charge in [-0.05, 0) is 12.0 Å². The Balaban J connectivity index is 2.74. The van der Waals surface area contributed by atoms with Crippen LogP contribution in [0.25, 0.3) is 6.08 Å². The fourth-order valence-corrected chi connectivity index (χ4v) is 1.46. The van der Waals surface area contributed by atoms with Crippen molar-refractivity contribution in [3.63, 3.8) is 0 Å². The van der Waals surface area contributed by atoms with Crippen LogP contribution in [0.4, 0.5) is 0 Å². The topological polar surface area (TPSA) is 20.2 Å². The summed E-state index contributed by atoms with van der Waals surface area (Å²) in [7, 11) is 0. The molecular weight excluding hydrogens is 196 g/mol. The number of hydrogen-bond acceptors (Lipinski definition) is 1. The Morgan fingerprint density at radius 3 is 2.50 bits per heavy atom. The number of aliphatic hydroxyl groups is 1. The van der Waals surface area contributed by atoms with Crippen molar-refractivity contribution in [1.82, 2.24) is 0 Å². The van der Waals surface area contributed by atoms with Gasteiger partial charge in [-0.3, -0.25) is 0 Å². The molecule has 1 rings (SSSR count). The van der Waals surface area contributed by atoms with Crippen molar-refractivity contribution in [2.45, 2.75) is 26.4 Å². The van der Waals surface area contributed by atoms with E-state index in [2.05, 4.69) is 13.5 Å². The predicted octanol–water partition coefficient (Wildman–Crippen LogP) is 3.66. The van der Waals surface area contributed by atoms with Crippen LogP contribution in [-0.4, -0.2) is 11.2 Å². The molecule has 2 atom stereocenters. The summed E-state index contributed by atoms with van der Waals surface area (Å²) < 4.78 is 0. The van der Waals surface area contributed by atoms with Crippen LogP contribution in [0, 0.1) is 5.41 Å². The maximum absolute atomic E-state index is 10.1. The molecule has 0 radical (unpaired) electrons. The van der Waals surface area contributed by atoms with Crippen LogP contribution in [-0.2, 0) is 0 Å². The third kappa shape index (κ3) is 3.07. The van der Waals surface area contributed by atoms with E-state index in [-0.39, 0.29) is 5.41 Å². The Labute approximate surface area is 98.1 Å². The van der Waals surface area contributed by atoms with Gasteiger partial charge in [0.2, 0.25) is 0 Å². The van der Waals surface area contributed by atoms with Crippen molar-refractivity contribution in [2.24, 2.45) is 5.41 Å². The number of hydrogen-bond donors (Lipinski definition) is 1. The molecule has 0 heterocycles. The Hall–Kier alpha value is -1.34. The first kappa shape index (κ1) is 12.7. The van der Waals surface area contributed by atoms with Crippen LogP contribution in [0.5, 0.6) is 0 Å². The van der Waals surface area contributed by atoms with E-state index in [9.17, 15) is 5.11 Å². The fourth-order valence-electron chi connectivity index (χ4n) is 1.46. The van der Waals surface area contributed by atoms with Crippen LogP contribution in [0.2, 0.25) is 0 Å². The van der Waals surface area contributed by atoms with E-state index in [0.717, 1.165) is 12.0 Å². The van der Waals surface area contributed by atoms with E-state index in [4.69, 9.17) is 0 Å². The summed E-state index contributed by atoms with van der Waals surface area (Å²) in [4.78, 5) is 0. The van der Waals surface area contributed by atoms with E-state index in [1.807, 2.05) is 55.5 Å². The van der Waals surface area contributed by atoms with Gasteiger partial charge in [0.05, 0.1) is 6.10 Å². The Bertz CT molecular complexity index is 353. The molecule has 0 fully saturated rings. The fraction of sp³-hybridized carbons (Fsp3) is 0.333. The summed E-state index contributed by atoms with van der Waals surface area (Å²) in [6, 6.07) is 9.98. The van der Waals surface area contributed by atoms with Crippen molar-refractivity contribution in [2.75, 3.05) is 0 Å². The molecule has 1 N–H and O–H groups in total. The van der Waals surface area contributed by atoms with Gasteiger partial charge in [0.1, 0.15) is 0 Å². The molecule has 0 saturated heterocycles. The summed E-state index contributed by atoms with van der Waals surface area (Å²) in [5.74, 6) is 0. The number of rotatable bonds is 5. The highest BCUT2D eigenvalue weighted by Gasteiger charge is 2.25. The third-order valence-electron chi connectivity index (χ3n) is 3.17. The van der Waals surface area contributed by atoms with E-state index in [0.29, 0.717) is 0 Å². The molecule has 0 aliphatic carbocycles. The standard InChI is InChI=1S/C15H20O/c1-4-15(3,5-2)14(16)12-11-13-9-7-6-8-10-13/h4,6-12,14,16H,1,5H2,2-3H3/b12-11+/t14-,15-/m1/s1. The average molecular weight is 216 g/mol. The van der Waals surface area contributed by atoms with E-state index >= 15 is 0 Å². The van der Waals surface area contributed by atoms with Crippen molar-refractivity contribution in [1.29, 1.82) is 0 Å². The molecule has 0 bridgehead atoms. The summed E-state index contributed by atoms with van der Waals surface area (Å²) >= 11 is 0. The first-order chi connectivity index (χ1) is 7.62. The Kier molecular flexibility index (Phi) is 4.51. The molecule has 1 heteroatoms. The molecule has 0 aromatic heterocycles. The minimum atomic E-state index is -0.491. The second-order valence-electron chi connectivity index (χ2n) is 4.28. The van der Waals surface area contributed by atoms with Gasteiger partial charge in [-0.25, -0.2) is 0 Å². The lowest BCUT2D eigenvalue weighted by atomic mass is 9.81. The van der Waals surface area contributed by atoms with Crippen molar-refractivity contribution in [3.05, 3.63) is 54.6 Å². The molecule has 86 valence electrons. The summed E-state index contributed by atoms with van der Waals surface area (Å²) in [5, 5.41) is 10.1. The second kappa shape index (κ2) is 5.66. The lowest BCUT2D eigenvalue weighted by molar-refractivity contribution is 0.111. The summed E-state index contributed by atoms with van der Waals surface area (Å²) in [5.41, 5.74) is 0.856. The number of aliphatic hydroxyl groups excluding tert-OH is 1. The van der Waals surface area contributed by atoms with Gasteiger partial charge in [-0.15, -0.1) is 6.58 Å². The smallest absolute Gasteiger partial charge is 0.0811 e. The van der Waals surface area contributed by atoms with Crippen LogP contribution in [0.1, 0.15) is 25.8 Å². The molecular formula is C15H20O. The second-order valence-corrected chi connectivity index (χ2v) is 4.28. The minimum Gasteiger partial charge on any atom is -0.388 e. The van der Waals surface area contributed by atoms with Gasteiger partial charge < -0.3 is 5.11 Å². The highest BCUT2D eigenvalue weighted by atomic mass is 16.3. The van der Waals surface area contributed by atoms with E-state index in [1.165, 1.54) is 0 Å². The largest absolute Gasteiger partial charge is 0.388 e. The molecule has 1 aromatic carbocycles. The normalized spacial score (nSPS) is 16.9. The maximum Gasteiger partial charge on any atom is 0.0811 e. The van der Waals surface area contributed by atoms with Crippen LogP contribution >= 0.6 is 0 Å². The van der Waals surface area contributed by atoms with Crippen molar-refractivity contribution < 1.29 is 5.11 Å². The number of benzene rings is 1. The third-order valence-corrected chi connectivity index (χ3v) is 3.17. The Morgan fingerprint density at radius 2 is 2.00 bits per heavy atom. The molecule has 1 aromatic rings. The molecule has 0 aliphatic rings. The average Bonchev–Trinajstić information content (AvgIpc) is 2.36. The molecule has 0 saturated carbocycles. The van der Waals surface area contributed by atoms with Crippen molar-refractivity contribution >= 4 is 6.08 Å². The first-order valence-electron chi connectivity index (χ1n) is 5.67. The molecule has 0 amide bonds. The molecule has 0 unspecified atom stereocenters. The lowest BCUT2D eigenvalue weighted by Gasteiger charge is -2.27. The zero-order valence-corrected chi connectivity index (χ0v) is 10.1. The monoisotopic (exact) mass is 216 g/mol. The van der Waals surface area contributed by atoms with Gasteiger partial charge in [0, 0.05) is 5.41 Å². The van der Waals surface area contributed by atoms with E-state index < -0.39 is 6.10 Å². The quantitative estimate of drug-likeness (QED) is 0.745. The summed E-state index contributed by atoms with van der Waals surface area (Å²) in [6.07, 6.45) is 5.99. The van der Waals surface area contributed by atoms with Gasteiger partial charge in [0.25, 0.3) is 0 Å². The zero-order chi connectivity index (χ0) is 12.0. The maximum atomic E-state index is 10.1. The summed E-state index contributed by atoms with van der Waals surface area (Å²) in [6.45, 7) is 7.86. The highest BCUT2D eigenvalue weighted by Crippen LogP contribution is 2.28. The zero-order valence-electron chi connectivity index (χ0n) is 10.1. The van der Waals surface area contributed by atoms with Gasteiger partial charge >= 0.3 is 0 Å². The molecule has 1 nitrogen and oxygen atoms in total. The predicted molar refractivity (Wildman–Crippen MR) is 70.1 cm³/mol. The van der Waals surface area contributed by atoms with Gasteiger partial charge in [0.15, 0.2) is 0 Å². The Morgan fingerprint density at radius 1 is 1.38 bits per heavy atom. The van der Waals surface area contributed by atoms with Crippen LogP contribution in [0.3, 0.4) is 0 Å². The van der Waals surface area contributed by atoms with Gasteiger partial charge in [-0.1, -0.05) is 62.4 Å². The molecule has 16 heavy (non-hydrogen) atoms. The highest BCUT2D eigenvalue weighted by molar-refractivity contribution is 5.49. The van der Waals surface area contributed by atoms with Gasteiger partial charge in [-0.2, -0.15) is 0 Å². The SMILES string of the molecule is C=C[C@](C)(CC)[C@H](O)/C=C/c1ccccc1. The van der Waals surface area contributed by atoms with Crippen LogP contribution < -0.4 is 0 Å². The minimum absolute atomic E-state index is 0.245. The van der Waals surface area contributed by atoms with E-state index in [1.54, 1.807) is 0 Å². The lowest BCUT2D eigenvalue weighted by Crippen LogP contribution is -2.27. The molecule has 0 spiro atoms. The van der Waals surface area contributed by atoms with Crippen molar-refractivity contribution in [3.8, 4) is 0 Å². The van der Waals surface area contributed by atoms with Crippen LogP contribution in [0.15, 0.2) is 49.1 Å². The molecule has 0 aliphatic heterocycles.